The SMILES string of the molecule is CCOCC(O)COc1c(Br)cccc1CNC1CC1. The highest BCUT2D eigenvalue weighted by Gasteiger charge is 2.21. The second kappa shape index (κ2) is 7.98. The maximum Gasteiger partial charge on any atom is 0.138 e. The van der Waals surface area contributed by atoms with Gasteiger partial charge in [0, 0.05) is 24.8 Å². The van der Waals surface area contributed by atoms with Gasteiger partial charge in [0.25, 0.3) is 0 Å². The molecule has 0 amide bonds. The summed E-state index contributed by atoms with van der Waals surface area (Å²) in [5.74, 6) is 0.802. The molecular formula is C15H22BrNO3. The normalized spacial score (nSPS) is 16.1. The highest BCUT2D eigenvalue weighted by atomic mass is 79.9. The molecule has 1 unspecified atom stereocenters. The molecule has 1 aliphatic rings. The maximum atomic E-state index is 9.77. The first kappa shape index (κ1) is 15.8. The molecule has 0 aromatic heterocycles. The van der Waals surface area contributed by atoms with E-state index in [-0.39, 0.29) is 6.61 Å². The van der Waals surface area contributed by atoms with Gasteiger partial charge >= 0.3 is 0 Å². The lowest BCUT2D eigenvalue weighted by Crippen LogP contribution is -2.24. The lowest BCUT2D eigenvalue weighted by molar-refractivity contribution is 0.0161. The molecule has 1 atom stereocenters. The topological polar surface area (TPSA) is 50.7 Å². The molecule has 1 saturated carbocycles. The van der Waals surface area contributed by atoms with Gasteiger partial charge in [0.15, 0.2) is 0 Å². The van der Waals surface area contributed by atoms with E-state index in [1.165, 1.54) is 12.8 Å². The van der Waals surface area contributed by atoms with Crippen LogP contribution in [0.5, 0.6) is 5.75 Å². The number of hydrogen-bond acceptors (Lipinski definition) is 4. The van der Waals surface area contributed by atoms with E-state index < -0.39 is 6.10 Å². The fraction of sp³-hybridized carbons (Fsp3) is 0.600. The molecule has 20 heavy (non-hydrogen) atoms. The van der Waals surface area contributed by atoms with Crippen molar-refractivity contribution in [2.45, 2.75) is 38.5 Å². The quantitative estimate of drug-likeness (QED) is 0.723. The third kappa shape index (κ3) is 5.05. The summed E-state index contributed by atoms with van der Waals surface area (Å²) in [7, 11) is 0. The molecule has 112 valence electrons. The molecule has 1 fully saturated rings. The number of halogens is 1. The van der Waals surface area contributed by atoms with Crippen molar-refractivity contribution in [3.63, 3.8) is 0 Å². The number of para-hydroxylation sites is 1. The molecule has 0 aliphatic heterocycles. The summed E-state index contributed by atoms with van der Waals surface area (Å²) in [4.78, 5) is 0. The van der Waals surface area contributed by atoms with Gasteiger partial charge in [-0.2, -0.15) is 0 Å². The van der Waals surface area contributed by atoms with Gasteiger partial charge in [-0.3, -0.25) is 0 Å². The lowest BCUT2D eigenvalue weighted by atomic mass is 10.2. The van der Waals surface area contributed by atoms with Crippen LogP contribution < -0.4 is 10.1 Å². The Hall–Kier alpha value is -0.620. The largest absolute Gasteiger partial charge is 0.489 e. The van der Waals surface area contributed by atoms with Gasteiger partial charge in [0.1, 0.15) is 18.5 Å². The number of aliphatic hydroxyl groups is 1. The van der Waals surface area contributed by atoms with E-state index in [2.05, 4.69) is 21.2 Å². The molecule has 1 aromatic carbocycles. The van der Waals surface area contributed by atoms with Gasteiger partial charge in [-0.1, -0.05) is 12.1 Å². The van der Waals surface area contributed by atoms with Crippen LogP contribution in [-0.2, 0) is 11.3 Å². The average molecular weight is 344 g/mol. The first-order valence-corrected chi connectivity index (χ1v) is 7.89. The predicted octanol–water partition coefficient (Wildman–Crippen LogP) is 2.48. The zero-order valence-electron chi connectivity index (χ0n) is 11.8. The van der Waals surface area contributed by atoms with Crippen LogP contribution in [0, 0.1) is 0 Å². The molecule has 2 rings (SSSR count). The Balaban J connectivity index is 1.90. The molecule has 1 aliphatic carbocycles. The van der Waals surface area contributed by atoms with Crippen molar-refractivity contribution in [1.82, 2.24) is 5.32 Å². The van der Waals surface area contributed by atoms with Crippen LogP contribution in [-0.4, -0.2) is 37.1 Å². The number of nitrogens with one attached hydrogen (secondary N) is 1. The minimum absolute atomic E-state index is 0.235. The molecule has 0 saturated heterocycles. The first-order valence-electron chi connectivity index (χ1n) is 7.10. The Morgan fingerprint density at radius 1 is 1.40 bits per heavy atom. The van der Waals surface area contributed by atoms with Crippen molar-refractivity contribution >= 4 is 15.9 Å². The first-order chi connectivity index (χ1) is 9.70. The highest BCUT2D eigenvalue weighted by Crippen LogP contribution is 2.30. The fourth-order valence-corrected chi connectivity index (χ4v) is 2.40. The Morgan fingerprint density at radius 3 is 2.90 bits per heavy atom. The van der Waals surface area contributed by atoms with Gasteiger partial charge in [-0.05, 0) is 41.8 Å². The van der Waals surface area contributed by atoms with Gasteiger partial charge < -0.3 is 19.9 Å². The molecule has 5 heteroatoms. The minimum Gasteiger partial charge on any atom is -0.489 e. The van der Waals surface area contributed by atoms with E-state index in [9.17, 15) is 5.11 Å². The summed E-state index contributed by atoms with van der Waals surface area (Å²) in [6.45, 7) is 3.84. The van der Waals surface area contributed by atoms with Gasteiger partial charge in [-0.25, -0.2) is 0 Å². The number of hydrogen-bond donors (Lipinski definition) is 2. The standard InChI is InChI=1S/C15H22BrNO3/c1-2-19-9-13(18)10-20-15-11(4-3-5-14(15)16)8-17-12-6-7-12/h3-5,12-13,17-18H,2,6-10H2,1H3. The number of aliphatic hydroxyl groups excluding tert-OH is 1. The summed E-state index contributed by atoms with van der Waals surface area (Å²) in [6.07, 6.45) is 1.92. The van der Waals surface area contributed by atoms with E-state index in [1.54, 1.807) is 0 Å². The number of rotatable bonds is 9. The Labute approximate surface area is 128 Å². The monoisotopic (exact) mass is 343 g/mol. The number of ether oxygens (including phenoxy) is 2. The van der Waals surface area contributed by atoms with Crippen molar-refractivity contribution in [2.75, 3.05) is 19.8 Å². The van der Waals surface area contributed by atoms with Crippen LogP contribution in [0.15, 0.2) is 22.7 Å². The minimum atomic E-state index is -0.605. The molecule has 0 bridgehead atoms. The van der Waals surface area contributed by atoms with Crippen molar-refractivity contribution in [3.8, 4) is 5.75 Å². The van der Waals surface area contributed by atoms with Crippen LogP contribution in [0.25, 0.3) is 0 Å². The summed E-state index contributed by atoms with van der Waals surface area (Å²) >= 11 is 3.51. The fourth-order valence-electron chi connectivity index (χ4n) is 1.88. The molecule has 4 nitrogen and oxygen atoms in total. The molecule has 0 spiro atoms. The summed E-state index contributed by atoms with van der Waals surface area (Å²) in [5, 5.41) is 13.2. The maximum absolute atomic E-state index is 9.77. The second-order valence-corrected chi connectivity index (χ2v) is 5.86. The molecule has 0 heterocycles. The predicted molar refractivity (Wildman–Crippen MR) is 82.0 cm³/mol. The van der Waals surface area contributed by atoms with Gasteiger partial charge in [0.05, 0.1) is 11.1 Å². The van der Waals surface area contributed by atoms with Gasteiger partial charge in [0.2, 0.25) is 0 Å². The molecular weight excluding hydrogens is 322 g/mol. The summed E-state index contributed by atoms with van der Waals surface area (Å²) < 4.78 is 11.9. The van der Waals surface area contributed by atoms with Crippen LogP contribution >= 0.6 is 15.9 Å². The van der Waals surface area contributed by atoms with E-state index in [4.69, 9.17) is 9.47 Å². The van der Waals surface area contributed by atoms with Crippen molar-refractivity contribution < 1.29 is 14.6 Å². The zero-order valence-corrected chi connectivity index (χ0v) is 13.4. The molecule has 1 aromatic rings. The van der Waals surface area contributed by atoms with E-state index >= 15 is 0 Å². The van der Waals surface area contributed by atoms with Crippen LogP contribution in [0.2, 0.25) is 0 Å². The Morgan fingerprint density at radius 2 is 2.20 bits per heavy atom. The van der Waals surface area contributed by atoms with Crippen molar-refractivity contribution in [2.24, 2.45) is 0 Å². The highest BCUT2D eigenvalue weighted by molar-refractivity contribution is 9.10. The Bertz CT molecular complexity index is 424. The van der Waals surface area contributed by atoms with Gasteiger partial charge in [-0.15, -0.1) is 0 Å². The second-order valence-electron chi connectivity index (χ2n) is 5.01. The van der Waals surface area contributed by atoms with Crippen molar-refractivity contribution in [1.29, 1.82) is 0 Å². The zero-order chi connectivity index (χ0) is 14.4. The van der Waals surface area contributed by atoms with Crippen LogP contribution in [0.1, 0.15) is 25.3 Å². The number of benzene rings is 1. The Kier molecular flexibility index (Phi) is 6.29. The van der Waals surface area contributed by atoms with Crippen molar-refractivity contribution in [3.05, 3.63) is 28.2 Å². The third-order valence-electron chi connectivity index (χ3n) is 3.14. The third-order valence-corrected chi connectivity index (χ3v) is 3.77. The lowest BCUT2D eigenvalue weighted by Gasteiger charge is -2.16. The average Bonchev–Trinajstić information content (AvgIpc) is 3.26. The van der Waals surface area contributed by atoms with Crippen LogP contribution in [0.4, 0.5) is 0 Å². The van der Waals surface area contributed by atoms with E-state index in [0.29, 0.717) is 19.3 Å². The van der Waals surface area contributed by atoms with E-state index in [0.717, 1.165) is 22.3 Å². The summed E-state index contributed by atoms with van der Waals surface area (Å²) in [6, 6.07) is 6.65. The van der Waals surface area contributed by atoms with E-state index in [1.807, 2.05) is 25.1 Å². The smallest absolute Gasteiger partial charge is 0.138 e. The summed E-state index contributed by atoms with van der Waals surface area (Å²) in [5.41, 5.74) is 1.11. The van der Waals surface area contributed by atoms with Crippen LogP contribution in [0.3, 0.4) is 0 Å². The molecule has 2 N–H and O–H groups in total. The molecule has 0 radical (unpaired) electrons.